The normalized spacial score (nSPS) is 12.3. The fourth-order valence-electron chi connectivity index (χ4n) is 5.89. The van der Waals surface area contributed by atoms with E-state index >= 15 is 0 Å². The van der Waals surface area contributed by atoms with E-state index in [4.69, 9.17) is 18.9 Å². The molecule has 58 heavy (non-hydrogen) atoms. The molecule has 0 saturated carbocycles. The average molecular weight is 847 g/mol. The first kappa shape index (κ1) is 50.8. The number of hydrogen-bond acceptors (Lipinski definition) is 12. The summed E-state index contributed by atoms with van der Waals surface area (Å²) in [6.45, 7) is 24.7. The Labute approximate surface area is 356 Å². The Kier molecular flexibility index (Phi) is 20.0. The third kappa shape index (κ3) is 18.3. The van der Waals surface area contributed by atoms with E-state index in [1.807, 2.05) is 83.1 Å². The van der Waals surface area contributed by atoms with Crippen LogP contribution in [0, 0.1) is 0 Å². The van der Waals surface area contributed by atoms with Crippen molar-refractivity contribution in [2.75, 3.05) is 36.2 Å². The van der Waals surface area contributed by atoms with E-state index in [1.54, 1.807) is 24.3 Å². The van der Waals surface area contributed by atoms with Gasteiger partial charge in [-0.15, -0.1) is 0 Å². The maximum atomic E-state index is 12.6. The van der Waals surface area contributed by atoms with Gasteiger partial charge >= 0.3 is 23.9 Å². The van der Waals surface area contributed by atoms with E-state index < -0.39 is 0 Å². The van der Waals surface area contributed by atoms with Crippen LogP contribution in [0.15, 0.2) is 24.3 Å². The predicted molar refractivity (Wildman–Crippen MR) is 236 cm³/mol. The van der Waals surface area contributed by atoms with Crippen molar-refractivity contribution in [1.29, 1.82) is 0 Å². The Morgan fingerprint density at radius 1 is 0.448 bits per heavy atom. The third-order valence-electron chi connectivity index (χ3n) is 9.23. The second-order valence-electron chi connectivity index (χ2n) is 18.8. The van der Waals surface area contributed by atoms with Crippen molar-refractivity contribution in [3.8, 4) is 23.0 Å². The summed E-state index contributed by atoms with van der Waals surface area (Å²) in [4.78, 5) is 49.4. The molecule has 2 aromatic rings. The number of phenols is 2. The summed E-state index contributed by atoms with van der Waals surface area (Å²) in [5.41, 5.74) is 1.61. The summed E-state index contributed by atoms with van der Waals surface area (Å²) < 4.78 is 22.0. The Hall–Kier alpha value is -3.38. The second kappa shape index (κ2) is 22.8. The molecule has 2 N–H and O–H groups in total. The molecular formula is C46H70O10S2. The molecule has 0 aliphatic heterocycles. The van der Waals surface area contributed by atoms with Crippen molar-refractivity contribution < 1.29 is 48.3 Å². The number of carbonyl (C=O) groups is 4. The van der Waals surface area contributed by atoms with Crippen LogP contribution in [0.2, 0.25) is 0 Å². The van der Waals surface area contributed by atoms with Gasteiger partial charge in [0.15, 0.2) is 0 Å². The van der Waals surface area contributed by atoms with Crippen molar-refractivity contribution in [3.63, 3.8) is 0 Å². The van der Waals surface area contributed by atoms with E-state index in [2.05, 4.69) is 0 Å². The lowest BCUT2D eigenvalue weighted by molar-refractivity contribution is -0.144. The Morgan fingerprint density at radius 2 is 0.707 bits per heavy atom. The lowest BCUT2D eigenvalue weighted by Gasteiger charge is -2.28. The molecule has 2 rings (SSSR count). The highest BCUT2D eigenvalue weighted by atomic mass is 32.2. The zero-order valence-electron chi connectivity index (χ0n) is 37.2. The van der Waals surface area contributed by atoms with E-state index in [0.29, 0.717) is 47.7 Å². The summed E-state index contributed by atoms with van der Waals surface area (Å²) in [5.74, 6) is 2.17. The standard InChI is InChI=1S/C46H70O10S2/c1-43(2,3)33-27-31(28-34(41(33)51)44(4,5)6)55-39(49)19-25-57-23-17-37(47)53-21-15-13-14-16-22-54-38(48)18-24-58-26-20-40(50)56-32-29-35(45(7,8)9)42(52)36(30-32)46(10,11)12/h27-30,51-52H,13-26H2,1-12H3. The van der Waals surface area contributed by atoms with Gasteiger partial charge in [-0.25, -0.2) is 0 Å². The van der Waals surface area contributed by atoms with Gasteiger partial charge in [0.25, 0.3) is 0 Å². The molecular weight excluding hydrogens is 777 g/mol. The molecule has 0 heterocycles. The van der Waals surface area contributed by atoms with Gasteiger partial charge in [-0.3, -0.25) is 19.2 Å². The summed E-state index contributed by atoms with van der Waals surface area (Å²) in [6, 6.07) is 6.94. The lowest BCUT2D eigenvalue weighted by Crippen LogP contribution is -2.18. The van der Waals surface area contributed by atoms with Gasteiger partial charge in [0.2, 0.25) is 0 Å². The van der Waals surface area contributed by atoms with Gasteiger partial charge in [-0.05, 0) is 71.6 Å². The second-order valence-corrected chi connectivity index (χ2v) is 21.2. The number of rotatable bonds is 21. The number of phenolic OH excluding ortho intramolecular Hbond substituents is 2. The Bertz CT molecular complexity index is 1480. The molecule has 12 heteroatoms. The first-order chi connectivity index (χ1) is 26.8. The lowest BCUT2D eigenvalue weighted by atomic mass is 9.79. The number of benzene rings is 2. The highest BCUT2D eigenvalue weighted by molar-refractivity contribution is 7.99. The van der Waals surface area contributed by atoms with E-state index in [0.717, 1.165) is 47.9 Å². The van der Waals surface area contributed by atoms with Crippen molar-refractivity contribution in [3.05, 3.63) is 46.5 Å². The van der Waals surface area contributed by atoms with Crippen LogP contribution in [-0.2, 0) is 50.3 Å². The van der Waals surface area contributed by atoms with Gasteiger partial charge in [0.05, 0.1) is 38.9 Å². The van der Waals surface area contributed by atoms with Gasteiger partial charge in [0.1, 0.15) is 23.0 Å². The fraction of sp³-hybridized carbons (Fsp3) is 0.652. The zero-order valence-corrected chi connectivity index (χ0v) is 38.8. The van der Waals surface area contributed by atoms with Crippen LogP contribution in [0.1, 0.15) is 157 Å². The molecule has 2 aromatic carbocycles. The van der Waals surface area contributed by atoms with Gasteiger partial charge in [-0.2, -0.15) is 23.5 Å². The summed E-state index contributed by atoms with van der Waals surface area (Å²) in [7, 11) is 0. The number of aromatic hydroxyl groups is 2. The molecule has 0 radical (unpaired) electrons. The molecule has 0 atom stereocenters. The molecule has 0 aliphatic carbocycles. The monoisotopic (exact) mass is 846 g/mol. The number of thioether (sulfide) groups is 2. The largest absolute Gasteiger partial charge is 0.507 e. The number of hydrogen-bond donors (Lipinski definition) is 2. The summed E-state index contributed by atoms with van der Waals surface area (Å²) >= 11 is 2.99. The molecule has 0 spiro atoms. The van der Waals surface area contributed by atoms with E-state index in [1.165, 1.54) is 23.5 Å². The Balaban J connectivity index is 1.52. The fourth-order valence-corrected chi connectivity index (χ4v) is 7.54. The average Bonchev–Trinajstić information content (AvgIpc) is 3.08. The molecule has 10 nitrogen and oxygen atoms in total. The van der Waals surface area contributed by atoms with E-state index in [-0.39, 0.29) is 82.7 Å². The number of ether oxygens (including phenoxy) is 4. The van der Waals surface area contributed by atoms with E-state index in [9.17, 15) is 29.4 Å². The third-order valence-corrected chi connectivity index (χ3v) is 11.2. The first-order valence-corrected chi connectivity index (χ1v) is 22.8. The summed E-state index contributed by atoms with van der Waals surface area (Å²) in [6.07, 6.45) is 4.07. The highest BCUT2D eigenvalue weighted by Crippen LogP contribution is 2.43. The van der Waals surface area contributed by atoms with Gasteiger partial charge in [-0.1, -0.05) is 83.1 Å². The minimum atomic E-state index is -0.362. The van der Waals surface area contributed by atoms with Crippen molar-refractivity contribution in [2.45, 2.75) is 156 Å². The number of esters is 4. The zero-order chi connectivity index (χ0) is 43.9. The van der Waals surface area contributed by atoms with Crippen LogP contribution in [0.4, 0.5) is 0 Å². The van der Waals surface area contributed by atoms with Crippen LogP contribution in [0.25, 0.3) is 0 Å². The Morgan fingerprint density at radius 3 is 0.966 bits per heavy atom. The van der Waals surface area contributed by atoms with Crippen LogP contribution in [0.5, 0.6) is 23.0 Å². The molecule has 0 aromatic heterocycles. The molecule has 0 aliphatic rings. The maximum Gasteiger partial charge on any atom is 0.312 e. The number of unbranched alkanes of at least 4 members (excludes halogenated alkanes) is 3. The van der Waals surface area contributed by atoms with Crippen LogP contribution in [0.3, 0.4) is 0 Å². The molecule has 326 valence electrons. The highest BCUT2D eigenvalue weighted by Gasteiger charge is 2.29. The quantitative estimate of drug-likeness (QED) is 0.0700. The van der Waals surface area contributed by atoms with Gasteiger partial charge in [0, 0.05) is 45.3 Å². The van der Waals surface area contributed by atoms with Gasteiger partial charge < -0.3 is 29.2 Å². The van der Waals surface area contributed by atoms with Crippen LogP contribution in [-0.4, -0.2) is 70.3 Å². The van der Waals surface area contributed by atoms with Crippen molar-refractivity contribution in [1.82, 2.24) is 0 Å². The molecule has 0 saturated heterocycles. The predicted octanol–water partition coefficient (Wildman–Crippen LogP) is 10.5. The minimum Gasteiger partial charge on any atom is -0.507 e. The molecule has 0 unspecified atom stereocenters. The minimum absolute atomic E-state index is 0.199. The topological polar surface area (TPSA) is 146 Å². The molecule has 0 amide bonds. The number of carbonyl (C=O) groups excluding carboxylic acids is 4. The van der Waals surface area contributed by atoms with Crippen LogP contribution >= 0.6 is 23.5 Å². The van der Waals surface area contributed by atoms with Crippen molar-refractivity contribution in [2.24, 2.45) is 0 Å². The smallest absolute Gasteiger partial charge is 0.312 e. The van der Waals surface area contributed by atoms with Crippen molar-refractivity contribution >= 4 is 47.4 Å². The molecule has 0 bridgehead atoms. The first-order valence-electron chi connectivity index (χ1n) is 20.4. The summed E-state index contributed by atoms with van der Waals surface area (Å²) in [5, 5.41) is 21.8. The van der Waals surface area contributed by atoms with Crippen LogP contribution < -0.4 is 9.47 Å². The SMILES string of the molecule is CC(C)(C)c1cc(OC(=O)CCSCCC(=O)OCCCCCCOC(=O)CCSCCC(=O)Oc2cc(C(C)(C)C)c(O)c(C(C)(C)C)c2)cc(C(C)(C)C)c1O. The molecule has 0 fully saturated rings. The maximum absolute atomic E-state index is 12.6.